The number of carbonyl (C=O) groups excluding carboxylic acids is 1. The van der Waals surface area contributed by atoms with Gasteiger partial charge < -0.3 is 10.0 Å². The van der Waals surface area contributed by atoms with Crippen molar-refractivity contribution in [2.24, 2.45) is 0 Å². The van der Waals surface area contributed by atoms with Gasteiger partial charge in [-0.1, -0.05) is 12.1 Å². The van der Waals surface area contributed by atoms with E-state index in [1.165, 1.54) is 0 Å². The van der Waals surface area contributed by atoms with Crippen LogP contribution in [0, 0.1) is 0 Å². The first-order valence-corrected chi connectivity index (χ1v) is 6.74. The fraction of sp³-hybridized carbons (Fsp3) is 0.125. The average Bonchev–Trinajstić information content (AvgIpc) is 2.92. The van der Waals surface area contributed by atoms with Crippen molar-refractivity contribution in [2.75, 3.05) is 11.4 Å². The van der Waals surface area contributed by atoms with Crippen LogP contribution in [0.2, 0.25) is 0 Å². The molecule has 0 aliphatic carbocycles. The quantitative estimate of drug-likeness (QED) is 0.803. The lowest BCUT2D eigenvalue weighted by atomic mass is 10.2. The van der Waals surface area contributed by atoms with Crippen LogP contribution in [0.5, 0.6) is 5.75 Å². The molecule has 0 aliphatic heterocycles. The lowest BCUT2D eigenvalue weighted by Crippen LogP contribution is -2.30. The number of phenolic OH excluding ortho intramolecular Hbond substituents is 1. The maximum absolute atomic E-state index is 12.8. The van der Waals surface area contributed by atoms with E-state index in [2.05, 4.69) is 5.10 Å². The molecule has 0 atom stereocenters. The number of pyridine rings is 1. The Morgan fingerprint density at radius 3 is 2.90 bits per heavy atom. The molecule has 2 aromatic heterocycles. The number of hydrogen-bond acceptors (Lipinski definition) is 3. The second-order valence-electron chi connectivity index (χ2n) is 4.66. The minimum Gasteiger partial charge on any atom is -0.508 e. The molecule has 2 heterocycles. The molecule has 1 amide bonds. The van der Waals surface area contributed by atoms with Gasteiger partial charge in [0.15, 0.2) is 0 Å². The first kappa shape index (κ1) is 13.2. The summed E-state index contributed by atoms with van der Waals surface area (Å²) in [4.78, 5) is 14.4. The van der Waals surface area contributed by atoms with Crippen LogP contribution in [0.15, 0.2) is 54.9 Å². The highest BCUT2D eigenvalue weighted by atomic mass is 16.3. The lowest BCUT2D eigenvalue weighted by Gasteiger charge is -2.20. The molecular formula is C16H15N3O2. The van der Waals surface area contributed by atoms with Gasteiger partial charge in [0, 0.05) is 24.5 Å². The molecule has 0 spiro atoms. The van der Waals surface area contributed by atoms with Gasteiger partial charge in [-0.05, 0) is 31.2 Å². The Bertz CT molecular complexity index is 795. The molecule has 106 valence electrons. The third kappa shape index (κ3) is 2.33. The normalized spacial score (nSPS) is 10.7. The van der Waals surface area contributed by atoms with Gasteiger partial charge in [0.2, 0.25) is 0 Å². The number of benzene rings is 1. The van der Waals surface area contributed by atoms with Crippen molar-refractivity contribution in [3.8, 4) is 5.75 Å². The summed E-state index contributed by atoms with van der Waals surface area (Å²) in [5, 5.41) is 13.8. The van der Waals surface area contributed by atoms with Crippen LogP contribution in [0.25, 0.3) is 5.52 Å². The topological polar surface area (TPSA) is 57.8 Å². The van der Waals surface area contributed by atoms with Crippen molar-refractivity contribution in [1.29, 1.82) is 0 Å². The standard InChI is InChI=1S/C16H15N3O2/c1-2-18(12-6-5-7-13(20)10-12)16(21)14-11-17-19-9-4-3-8-15(14)19/h3-11,20H,2H2,1H3. The van der Waals surface area contributed by atoms with Crippen molar-refractivity contribution in [3.63, 3.8) is 0 Å². The van der Waals surface area contributed by atoms with Crippen molar-refractivity contribution in [3.05, 3.63) is 60.4 Å². The zero-order valence-electron chi connectivity index (χ0n) is 11.6. The Kier molecular flexibility index (Phi) is 3.31. The Hall–Kier alpha value is -2.82. The first-order chi connectivity index (χ1) is 10.2. The van der Waals surface area contributed by atoms with E-state index in [4.69, 9.17) is 0 Å². The number of rotatable bonds is 3. The molecular weight excluding hydrogens is 266 g/mol. The Labute approximate surface area is 122 Å². The van der Waals surface area contributed by atoms with Crippen LogP contribution in [0.4, 0.5) is 5.69 Å². The molecule has 3 rings (SSSR count). The van der Waals surface area contributed by atoms with Crippen LogP contribution >= 0.6 is 0 Å². The summed E-state index contributed by atoms with van der Waals surface area (Å²) in [5.41, 5.74) is 1.97. The van der Waals surface area contributed by atoms with E-state index < -0.39 is 0 Å². The fourth-order valence-electron chi connectivity index (χ4n) is 2.35. The van der Waals surface area contributed by atoms with Gasteiger partial charge in [0.05, 0.1) is 17.3 Å². The number of anilines is 1. The van der Waals surface area contributed by atoms with Gasteiger partial charge in [-0.15, -0.1) is 0 Å². The van der Waals surface area contributed by atoms with Crippen LogP contribution in [0.1, 0.15) is 17.3 Å². The predicted molar refractivity (Wildman–Crippen MR) is 80.6 cm³/mol. The van der Waals surface area contributed by atoms with E-state index in [1.807, 2.05) is 25.1 Å². The smallest absolute Gasteiger partial charge is 0.262 e. The highest BCUT2D eigenvalue weighted by molar-refractivity contribution is 6.10. The van der Waals surface area contributed by atoms with Gasteiger partial charge >= 0.3 is 0 Å². The Morgan fingerprint density at radius 2 is 2.14 bits per heavy atom. The van der Waals surface area contributed by atoms with E-state index in [-0.39, 0.29) is 11.7 Å². The lowest BCUT2D eigenvalue weighted by molar-refractivity contribution is 0.0990. The maximum atomic E-state index is 12.8. The molecule has 0 saturated carbocycles. The number of aromatic nitrogens is 2. The second-order valence-corrected chi connectivity index (χ2v) is 4.66. The second kappa shape index (κ2) is 5.28. The zero-order chi connectivity index (χ0) is 14.8. The van der Waals surface area contributed by atoms with Crippen molar-refractivity contribution < 1.29 is 9.90 Å². The molecule has 1 aromatic carbocycles. The number of hydrogen-bond donors (Lipinski definition) is 1. The molecule has 0 radical (unpaired) electrons. The van der Waals surface area contributed by atoms with Gasteiger partial charge in [-0.2, -0.15) is 5.10 Å². The molecule has 0 fully saturated rings. The molecule has 21 heavy (non-hydrogen) atoms. The summed E-state index contributed by atoms with van der Waals surface area (Å²) in [7, 11) is 0. The average molecular weight is 281 g/mol. The van der Waals surface area contributed by atoms with E-state index in [0.717, 1.165) is 5.52 Å². The number of carbonyl (C=O) groups is 1. The SMILES string of the molecule is CCN(C(=O)c1cnn2ccccc12)c1cccc(O)c1. The molecule has 0 bridgehead atoms. The molecule has 0 aliphatic rings. The van der Waals surface area contributed by atoms with Crippen molar-refractivity contribution in [1.82, 2.24) is 9.61 Å². The highest BCUT2D eigenvalue weighted by Crippen LogP contribution is 2.23. The summed E-state index contributed by atoms with van der Waals surface area (Å²) in [6.45, 7) is 2.40. The predicted octanol–water partition coefficient (Wildman–Crippen LogP) is 2.71. The molecule has 5 heteroatoms. The molecule has 3 aromatic rings. The van der Waals surface area contributed by atoms with Gasteiger partial charge in [0.1, 0.15) is 5.75 Å². The summed E-state index contributed by atoms with van der Waals surface area (Å²) < 4.78 is 1.67. The number of fused-ring (bicyclic) bond motifs is 1. The first-order valence-electron chi connectivity index (χ1n) is 6.74. The van der Waals surface area contributed by atoms with Gasteiger partial charge in [-0.3, -0.25) is 4.79 Å². The minimum atomic E-state index is -0.135. The third-order valence-electron chi connectivity index (χ3n) is 3.36. The van der Waals surface area contributed by atoms with Gasteiger partial charge in [-0.25, -0.2) is 4.52 Å². The van der Waals surface area contributed by atoms with E-state index >= 15 is 0 Å². The summed E-state index contributed by atoms with van der Waals surface area (Å²) in [6.07, 6.45) is 3.37. The minimum absolute atomic E-state index is 0.135. The van der Waals surface area contributed by atoms with E-state index in [1.54, 1.807) is 46.1 Å². The molecule has 0 saturated heterocycles. The maximum Gasteiger partial charge on any atom is 0.262 e. The van der Waals surface area contributed by atoms with Gasteiger partial charge in [0.25, 0.3) is 5.91 Å². The van der Waals surface area contributed by atoms with E-state index in [0.29, 0.717) is 17.8 Å². The molecule has 1 N–H and O–H groups in total. The number of aromatic hydroxyl groups is 1. The number of phenols is 1. The summed E-state index contributed by atoms with van der Waals surface area (Å²) in [5.74, 6) is 0.00270. The van der Waals surface area contributed by atoms with Crippen molar-refractivity contribution in [2.45, 2.75) is 6.92 Å². The summed E-state index contributed by atoms with van der Waals surface area (Å²) >= 11 is 0. The Morgan fingerprint density at radius 1 is 1.29 bits per heavy atom. The fourth-order valence-corrected chi connectivity index (χ4v) is 2.35. The largest absolute Gasteiger partial charge is 0.508 e. The number of nitrogens with zero attached hydrogens (tertiary/aromatic N) is 3. The zero-order valence-corrected chi connectivity index (χ0v) is 11.6. The van der Waals surface area contributed by atoms with Crippen LogP contribution < -0.4 is 4.90 Å². The monoisotopic (exact) mass is 281 g/mol. The van der Waals surface area contributed by atoms with Crippen LogP contribution in [-0.4, -0.2) is 27.2 Å². The summed E-state index contributed by atoms with van der Waals surface area (Å²) in [6, 6.07) is 12.3. The van der Waals surface area contributed by atoms with E-state index in [9.17, 15) is 9.90 Å². The van der Waals surface area contributed by atoms with Crippen LogP contribution in [0.3, 0.4) is 0 Å². The molecule has 0 unspecified atom stereocenters. The highest BCUT2D eigenvalue weighted by Gasteiger charge is 2.20. The van der Waals surface area contributed by atoms with Crippen LogP contribution in [-0.2, 0) is 0 Å². The third-order valence-corrected chi connectivity index (χ3v) is 3.36. The molecule has 5 nitrogen and oxygen atoms in total. The van der Waals surface area contributed by atoms with Crippen molar-refractivity contribution >= 4 is 17.1 Å². The Balaban J connectivity index is 2.03. The number of amides is 1.